The predicted molar refractivity (Wildman–Crippen MR) is 122 cm³/mol. The minimum absolute atomic E-state index is 0.00646. The smallest absolute Gasteiger partial charge is 0.266 e. The number of thioether (sulfide) groups is 1. The fraction of sp³-hybridized carbons (Fsp3) is 0.182. The molecule has 0 saturated heterocycles. The molecule has 0 radical (unpaired) electrons. The summed E-state index contributed by atoms with van der Waals surface area (Å²) in [6.45, 7) is 2.05. The van der Waals surface area contributed by atoms with Gasteiger partial charge in [-0.25, -0.2) is 14.5 Å². The van der Waals surface area contributed by atoms with Crippen molar-refractivity contribution in [3.63, 3.8) is 0 Å². The molecule has 156 valence electrons. The fourth-order valence-electron chi connectivity index (χ4n) is 3.88. The van der Waals surface area contributed by atoms with Gasteiger partial charge in [0.15, 0.2) is 16.6 Å². The Labute approximate surface area is 187 Å². The summed E-state index contributed by atoms with van der Waals surface area (Å²) in [6.07, 6.45) is 0.841. The zero-order valence-corrected chi connectivity index (χ0v) is 18.2. The molecule has 31 heavy (non-hydrogen) atoms. The van der Waals surface area contributed by atoms with E-state index in [4.69, 9.17) is 11.6 Å². The lowest BCUT2D eigenvalue weighted by atomic mass is 10.1. The molecule has 0 fully saturated rings. The molecule has 2 aromatic carbocycles. The van der Waals surface area contributed by atoms with Gasteiger partial charge < -0.3 is 4.90 Å². The zero-order chi connectivity index (χ0) is 21.5. The molecule has 3 heterocycles. The van der Waals surface area contributed by atoms with Crippen LogP contribution in [0.2, 0.25) is 5.02 Å². The maximum atomic E-state index is 13.1. The summed E-state index contributed by atoms with van der Waals surface area (Å²) in [4.78, 5) is 35.9. The molecule has 0 spiro atoms. The maximum absolute atomic E-state index is 13.1. The van der Waals surface area contributed by atoms with E-state index in [-0.39, 0.29) is 23.3 Å². The highest BCUT2D eigenvalue weighted by atomic mass is 35.5. The second-order valence-electron chi connectivity index (χ2n) is 7.39. The minimum Gasteiger partial charge on any atom is -0.308 e. The molecule has 4 aromatic rings. The Bertz CT molecular complexity index is 1370. The van der Waals surface area contributed by atoms with E-state index in [1.807, 2.05) is 42.2 Å². The number of para-hydroxylation sites is 1. The van der Waals surface area contributed by atoms with Gasteiger partial charge in [-0.05, 0) is 37.1 Å². The molecule has 7 nitrogen and oxygen atoms in total. The van der Waals surface area contributed by atoms with E-state index < -0.39 is 0 Å². The van der Waals surface area contributed by atoms with Crippen molar-refractivity contribution in [1.82, 2.24) is 19.6 Å². The first-order chi connectivity index (χ1) is 15.0. The quantitative estimate of drug-likeness (QED) is 0.477. The second kappa shape index (κ2) is 7.86. The molecule has 0 saturated carbocycles. The standard InChI is InChI=1S/C22H18ClN5O2S/c1-13-9-14-5-2-3-8-17(14)27(13)20(30)12-31-22-25-21(15-6-4-7-16(23)10-15)24-18-11-19(29)26-28(18)22/h2-8,10-11,13H,9,12H2,1H3,(H,26,29)/t13-/m0/s1. The molecule has 0 unspecified atom stereocenters. The zero-order valence-electron chi connectivity index (χ0n) is 16.6. The first kappa shape index (κ1) is 19.8. The average Bonchev–Trinajstić information content (AvgIpc) is 3.29. The Morgan fingerprint density at radius 2 is 2.03 bits per heavy atom. The van der Waals surface area contributed by atoms with Crippen LogP contribution in [0, 0.1) is 0 Å². The summed E-state index contributed by atoms with van der Waals surface area (Å²) in [5.41, 5.74) is 3.02. The summed E-state index contributed by atoms with van der Waals surface area (Å²) in [5, 5.41) is 3.75. The van der Waals surface area contributed by atoms with Gasteiger partial charge in [0.1, 0.15) is 0 Å². The number of hydrogen-bond donors (Lipinski definition) is 1. The third-order valence-electron chi connectivity index (χ3n) is 5.21. The topological polar surface area (TPSA) is 83.4 Å². The Kier molecular flexibility index (Phi) is 5.03. The second-order valence-corrected chi connectivity index (χ2v) is 8.77. The summed E-state index contributed by atoms with van der Waals surface area (Å²) in [7, 11) is 0. The van der Waals surface area contributed by atoms with Crippen LogP contribution < -0.4 is 10.5 Å². The largest absolute Gasteiger partial charge is 0.308 e. The molecule has 2 aromatic heterocycles. The van der Waals surface area contributed by atoms with Crippen LogP contribution in [0.15, 0.2) is 64.5 Å². The summed E-state index contributed by atoms with van der Waals surface area (Å²) >= 11 is 7.38. The number of carbonyl (C=O) groups is 1. The number of anilines is 1. The molecule has 1 N–H and O–H groups in total. The number of fused-ring (bicyclic) bond motifs is 2. The van der Waals surface area contributed by atoms with Gasteiger partial charge in [-0.1, -0.05) is 53.7 Å². The van der Waals surface area contributed by atoms with Crippen LogP contribution in [0.4, 0.5) is 5.69 Å². The van der Waals surface area contributed by atoms with Crippen molar-refractivity contribution < 1.29 is 4.79 Å². The number of hydrogen-bond acceptors (Lipinski definition) is 5. The van der Waals surface area contributed by atoms with Gasteiger partial charge >= 0.3 is 0 Å². The van der Waals surface area contributed by atoms with Crippen molar-refractivity contribution in [1.29, 1.82) is 0 Å². The number of nitrogens with zero attached hydrogens (tertiary/aromatic N) is 4. The molecule has 1 aliphatic heterocycles. The number of carbonyl (C=O) groups excluding carboxylic acids is 1. The fourth-order valence-corrected chi connectivity index (χ4v) is 4.88. The van der Waals surface area contributed by atoms with Crippen LogP contribution in [0.25, 0.3) is 17.0 Å². The van der Waals surface area contributed by atoms with E-state index in [9.17, 15) is 9.59 Å². The number of halogens is 1. The Hall–Kier alpha value is -3.10. The Morgan fingerprint density at radius 3 is 2.87 bits per heavy atom. The molecular formula is C22H18ClN5O2S. The molecule has 0 bridgehead atoms. The summed E-state index contributed by atoms with van der Waals surface area (Å²) in [5.74, 6) is 0.615. The summed E-state index contributed by atoms with van der Waals surface area (Å²) in [6, 6.07) is 16.7. The van der Waals surface area contributed by atoms with Gasteiger partial charge in [0.2, 0.25) is 5.91 Å². The van der Waals surface area contributed by atoms with Crippen molar-refractivity contribution in [2.45, 2.75) is 24.5 Å². The van der Waals surface area contributed by atoms with Crippen LogP contribution in [0.5, 0.6) is 0 Å². The van der Waals surface area contributed by atoms with Gasteiger partial charge in [0.05, 0.1) is 5.75 Å². The van der Waals surface area contributed by atoms with Gasteiger partial charge in [0, 0.05) is 28.4 Å². The highest BCUT2D eigenvalue weighted by molar-refractivity contribution is 7.99. The Morgan fingerprint density at radius 1 is 1.19 bits per heavy atom. The van der Waals surface area contributed by atoms with Crippen molar-refractivity contribution in [2.24, 2.45) is 0 Å². The lowest BCUT2D eigenvalue weighted by Crippen LogP contribution is -2.37. The van der Waals surface area contributed by atoms with E-state index in [0.29, 0.717) is 21.7 Å². The molecule has 0 aliphatic carbocycles. The number of nitrogens with one attached hydrogen (secondary N) is 1. The number of H-pyrrole nitrogens is 1. The molecular weight excluding hydrogens is 434 g/mol. The molecule has 1 amide bonds. The van der Waals surface area contributed by atoms with E-state index in [1.165, 1.54) is 27.9 Å². The molecule has 9 heteroatoms. The number of aromatic amines is 1. The first-order valence-corrected chi connectivity index (χ1v) is 11.1. The van der Waals surface area contributed by atoms with Crippen LogP contribution >= 0.6 is 23.4 Å². The number of aromatic nitrogens is 4. The van der Waals surface area contributed by atoms with E-state index >= 15 is 0 Å². The van der Waals surface area contributed by atoms with Crippen LogP contribution in [-0.2, 0) is 11.2 Å². The minimum atomic E-state index is -0.284. The number of benzene rings is 2. The van der Waals surface area contributed by atoms with Crippen LogP contribution in [0.1, 0.15) is 12.5 Å². The highest BCUT2D eigenvalue weighted by Crippen LogP contribution is 2.33. The maximum Gasteiger partial charge on any atom is 0.266 e. The molecule has 1 atom stereocenters. The van der Waals surface area contributed by atoms with Crippen LogP contribution in [-0.4, -0.2) is 37.3 Å². The van der Waals surface area contributed by atoms with E-state index in [2.05, 4.69) is 21.1 Å². The van der Waals surface area contributed by atoms with Crippen molar-refractivity contribution in [3.8, 4) is 11.4 Å². The van der Waals surface area contributed by atoms with Gasteiger partial charge in [-0.3, -0.25) is 14.7 Å². The van der Waals surface area contributed by atoms with E-state index in [1.54, 1.807) is 12.1 Å². The van der Waals surface area contributed by atoms with Gasteiger partial charge in [-0.2, -0.15) is 0 Å². The lowest BCUT2D eigenvalue weighted by Gasteiger charge is -2.22. The van der Waals surface area contributed by atoms with Gasteiger partial charge in [0.25, 0.3) is 5.56 Å². The number of amides is 1. The normalized spacial score (nSPS) is 15.4. The SMILES string of the molecule is C[C@H]1Cc2ccccc2N1C(=O)CSc1nc(-c2cccc(Cl)c2)nc2cc(=O)[nH]n12. The summed E-state index contributed by atoms with van der Waals surface area (Å²) < 4.78 is 1.51. The Balaban J connectivity index is 1.46. The monoisotopic (exact) mass is 451 g/mol. The van der Waals surface area contributed by atoms with E-state index in [0.717, 1.165) is 17.7 Å². The lowest BCUT2D eigenvalue weighted by molar-refractivity contribution is -0.116. The third-order valence-corrected chi connectivity index (χ3v) is 6.37. The average molecular weight is 452 g/mol. The highest BCUT2D eigenvalue weighted by Gasteiger charge is 2.30. The van der Waals surface area contributed by atoms with Crippen LogP contribution in [0.3, 0.4) is 0 Å². The third kappa shape index (κ3) is 3.73. The number of rotatable bonds is 4. The van der Waals surface area contributed by atoms with Crippen molar-refractivity contribution in [3.05, 3.63) is 75.5 Å². The van der Waals surface area contributed by atoms with Crippen molar-refractivity contribution in [2.75, 3.05) is 10.7 Å². The molecule has 1 aliphatic rings. The predicted octanol–water partition coefficient (Wildman–Crippen LogP) is 3.81. The van der Waals surface area contributed by atoms with Crippen molar-refractivity contribution >= 4 is 40.6 Å². The first-order valence-electron chi connectivity index (χ1n) is 9.78. The van der Waals surface area contributed by atoms with Gasteiger partial charge in [-0.15, -0.1) is 0 Å². The molecule has 5 rings (SSSR count).